The van der Waals surface area contributed by atoms with Gasteiger partial charge in [-0.15, -0.1) is 0 Å². The minimum Gasteiger partial charge on any atom is -0.345 e. The van der Waals surface area contributed by atoms with Crippen LogP contribution in [0.3, 0.4) is 0 Å². The van der Waals surface area contributed by atoms with Crippen molar-refractivity contribution in [3.8, 4) is 0 Å². The van der Waals surface area contributed by atoms with Gasteiger partial charge in [0.1, 0.15) is 5.82 Å². The summed E-state index contributed by atoms with van der Waals surface area (Å²) in [6, 6.07) is 14.2. The minimum absolute atomic E-state index is 0.0414. The number of thiocarbonyl (C=S) groups is 1. The lowest BCUT2D eigenvalue weighted by atomic mass is 10.2. The average Bonchev–Trinajstić information content (AvgIpc) is 2.65. The summed E-state index contributed by atoms with van der Waals surface area (Å²) in [5.74, 6) is -0.217. The largest absolute Gasteiger partial charge is 0.345 e. The quantitative estimate of drug-likeness (QED) is 0.837. The van der Waals surface area contributed by atoms with Crippen LogP contribution in [0.2, 0.25) is 0 Å². The van der Waals surface area contributed by atoms with Gasteiger partial charge in [0, 0.05) is 37.4 Å². The maximum atomic E-state index is 13.6. The molecule has 6 heteroatoms. The van der Waals surface area contributed by atoms with E-state index in [0.29, 0.717) is 48.1 Å². The Morgan fingerprint density at radius 1 is 1.04 bits per heavy atom. The molecule has 1 fully saturated rings. The maximum absolute atomic E-state index is 13.6. The highest BCUT2D eigenvalue weighted by molar-refractivity contribution is 7.80. The Balaban J connectivity index is 1.55. The number of carbonyl (C=O) groups is 1. The minimum atomic E-state index is -0.258. The molecule has 2 aromatic rings. The highest BCUT2D eigenvalue weighted by Gasteiger charge is 2.23. The summed E-state index contributed by atoms with van der Waals surface area (Å²) in [4.78, 5) is 16.3. The fourth-order valence-corrected chi connectivity index (χ4v) is 3.05. The van der Waals surface area contributed by atoms with Gasteiger partial charge in [0.2, 0.25) is 0 Å². The number of hydrogen-bond acceptors (Lipinski definition) is 2. The second-order valence-electron chi connectivity index (χ2n) is 6.04. The molecule has 1 amide bonds. The first kappa shape index (κ1) is 17.4. The van der Waals surface area contributed by atoms with Crippen molar-refractivity contribution >= 4 is 28.9 Å². The molecule has 1 saturated heterocycles. The number of nitrogens with one attached hydrogen (secondary N) is 1. The molecule has 1 aliphatic rings. The summed E-state index contributed by atoms with van der Waals surface area (Å²) >= 11 is 5.42. The van der Waals surface area contributed by atoms with Gasteiger partial charge in [-0.25, -0.2) is 4.39 Å². The van der Waals surface area contributed by atoms with E-state index in [1.807, 2.05) is 40.1 Å². The first-order chi connectivity index (χ1) is 12.0. The molecule has 0 aromatic heterocycles. The highest BCUT2D eigenvalue weighted by atomic mass is 32.1. The van der Waals surface area contributed by atoms with E-state index >= 15 is 0 Å². The summed E-state index contributed by atoms with van der Waals surface area (Å²) in [5.41, 5.74) is 1.94. The molecule has 0 unspecified atom stereocenters. The number of halogens is 1. The predicted octanol–water partition coefficient (Wildman–Crippen LogP) is 3.29. The van der Waals surface area contributed by atoms with E-state index in [2.05, 4.69) is 5.32 Å². The Morgan fingerprint density at radius 3 is 2.32 bits per heavy atom. The molecule has 130 valence electrons. The molecular weight excluding hydrogens is 337 g/mol. The van der Waals surface area contributed by atoms with Crippen molar-refractivity contribution < 1.29 is 9.18 Å². The Labute approximate surface area is 152 Å². The van der Waals surface area contributed by atoms with Gasteiger partial charge in [-0.2, -0.15) is 0 Å². The molecule has 0 bridgehead atoms. The van der Waals surface area contributed by atoms with Crippen molar-refractivity contribution in [2.75, 3.05) is 31.5 Å². The molecule has 4 nitrogen and oxygen atoms in total. The summed E-state index contributed by atoms with van der Waals surface area (Å²) in [7, 11) is 0. The Morgan fingerprint density at radius 2 is 1.68 bits per heavy atom. The normalized spacial score (nSPS) is 14.3. The van der Waals surface area contributed by atoms with Crippen molar-refractivity contribution in [2.45, 2.75) is 6.92 Å². The summed E-state index contributed by atoms with van der Waals surface area (Å²) < 4.78 is 13.6. The SMILES string of the molecule is Cc1ccc(NC(=S)N2CCN(C(=O)c3ccccc3)CC2)cc1F. The van der Waals surface area contributed by atoms with Crippen LogP contribution in [-0.4, -0.2) is 47.0 Å². The molecule has 1 heterocycles. The average molecular weight is 357 g/mol. The fourth-order valence-electron chi connectivity index (χ4n) is 2.75. The smallest absolute Gasteiger partial charge is 0.253 e. The number of aryl methyl sites for hydroxylation is 1. The number of benzene rings is 2. The van der Waals surface area contributed by atoms with Crippen molar-refractivity contribution in [2.24, 2.45) is 0 Å². The van der Waals surface area contributed by atoms with Crippen LogP contribution < -0.4 is 5.32 Å². The number of carbonyl (C=O) groups excluding carboxylic acids is 1. The Kier molecular flexibility index (Phi) is 5.28. The number of hydrogen-bond donors (Lipinski definition) is 1. The standard InChI is InChI=1S/C19H20FN3OS/c1-14-7-8-16(13-17(14)20)21-19(25)23-11-9-22(10-12-23)18(24)15-5-3-2-4-6-15/h2-8,13H,9-12H2,1H3,(H,21,25). The molecule has 2 aromatic carbocycles. The summed E-state index contributed by atoms with van der Waals surface area (Å²) in [6.07, 6.45) is 0. The van der Waals surface area contributed by atoms with E-state index in [9.17, 15) is 9.18 Å². The van der Waals surface area contributed by atoms with Crippen LogP contribution in [-0.2, 0) is 0 Å². The van der Waals surface area contributed by atoms with Crippen molar-refractivity contribution in [3.05, 3.63) is 65.5 Å². The number of nitrogens with zero attached hydrogens (tertiary/aromatic N) is 2. The lowest BCUT2D eigenvalue weighted by molar-refractivity contribution is 0.0693. The third-order valence-corrected chi connectivity index (χ3v) is 4.66. The van der Waals surface area contributed by atoms with Crippen molar-refractivity contribution in [1.29, 1.82) is 0 Å². The van der Waals surface area contributed by atoms with Crippen LogP contribution in [0.15, 0.2) is 48.5 Å². The Bertz CT molecular complexity index is 773. The second-order valence-corrected chi connectivity index (χ2v) is 6.43. The van der Waals surface area contributed by atoms with Crippen LogP contribution in [0.25, 0.3) is 0 Å². The third kappa shape index (κ3) is 4.14. The van der Waals surface area contributed by atoms with Crippen LogP contribution >= 0.6 is 12.2 Å². The molecule has 1 aliphatic heterocycles. The molecule has 0 saturated carbocycles. The van der Waals surface area contributed by atoms with Gasteiger partial charge in [0.15, 0.2) is 5.11 Å². The zero-order valence-corrected chi connectivity index (χ0v) is 14.9. The summed E-state index contributed by atoms with van der Waals surface area (Å²) in [5, 5.41) is 3.62. The zero-order chi connectivity index (χ0) is 17.8. The lowest BCUT2D eigenvalue weighted by Gasteiger charge is -2.36. The number of anilines is 1. The van der Waals surface area contributed by atoms with Gasteiger partial charge in [-0.05, 0) is 49.0 Å². The van der Waals surface area contributed by atoms with Gasteiger partial charge in [-0.1, -0.05) is 24.3 Å². The first-order valence-corrected chi connectivity index (χ1v) is 8.62. The third-order valence-electron chi connectivity index (χ3n) is 4.30. The monoisotopic (exact) mass is 357 g/mol. The van der Waals surface area contributed by atoms with E-state index in [1.54, 1.807) is 19.1 Å². The van der Waals surface area contributed by atoms with Gasteiger partial charge >= 0.3 is 0 Å². The first-order valence-electron chi connectivity index (χ1n) is 8.21. The van der Waals surface area contributed by atoms with Gasteiger partial charge in [0.25, 0.3) is 5.91 Å². The molecule has 1 N–H and O–H groups in total. The van der Waals surface area contributed by atoms with E-state index in [4.69, 9.17) is 12.2 Å². The van der Waals surface area contributed by atoms with Crippen LogP contribution in [0.1, 0.15) is 15.9 Å². The number of piperazine rings is 1. The van der Waals surface area contributed by atoms with Crippen LogP contribution in [0.5, 0.6) is 0 Å². The molecule has 0 atom stereocenters. The van der Waals surface area contributed by atoms with Gasteiger partial charge < -0.3 is 15.1 Å². The molecule has 0 aliphatic carbocycles. The molecular formula is C19H20FN3OS. The van der Waals surface area contributed by atoms with Crippen molar-refractivity contribution in [3.63, 3.8) is 0 Å². The van der Waals surface area contributed by atoms with E-state index < -0.39 is 0 Å². The van der Waals surface area contributed by atoms with Crippen LogP contribution in [0, 0.1) is 12.7 Å². The number of amides is 1. The zero-order valence-electron chi connectivity index (χ0n) is 14.0. The Hall–Kier alpha value is -2.47. The molecule has 25 heavy (non-hydrogen) atoms. The predicted molar refractivity (Wildman–Crippen MR) is 101 cm³/mol. The molecule has 0 spiro atoms. The topological polar surface area (TPSA) is 35.6 Å². The van der Waals surface area contributed by atoms with E-state index in [1.165, 1.54) is 6.07 Å². The lowest BCUT2D eigenvalue weighted by Crippen LogP contribution is -2.51. The molecule has 0 radical (unpaired) electrons. The second kappa shape index (κ2) is 7.61. The fraction of sp³-hybridized carbons (Fsp3) is 0.263. The van der Waals surface area contributed by atoms with Gasteiger partial charge in [-0.3, -0.25) is 4.79 Å². The molecule has 3 rings (SSSR count). The maximum Gasteiger partial charge on any atom is 0.253 e. The van der Waals surface area contributed by atoms with E-state index in [-0.39, 0.29) is 11.7 Å². The van der Waals surface area contributed by atoms with E-state index in [0.717, 1.165) is 0 Å². The number of rotatable bonds is 2. The van der Waals surface area contributed by atoms with Gasteiger partial charge in [0.05, 0.1) is 0 Å². The van der Waals surface area contributed by atoms with Crippen LogP contribution in [0.4, 0.5) is 10.1 Å². The van der Waals surface area contributed by atoms with Crippen molar-refractivity contribution in [1.82, 2.24) is 9.80 Å². The highest BCUT2D eigenvalue weighted by Crippen LogP contribution is 2.15. The summed E-state index contributed by atoms with van der Waals surface area (Å²) in [6.45, 7) is 4.24.